The average Bonchev–Trinajstić information content (AvgIpc) is 3.62. The first-order valence-corrected chi connectivity index (χ1v) is 22.0. The van der Waals surface area contributed by atoms with E-state index >= 15 is 4.39 Å². The zero-order chi connectivity index (χ0) is 51.3. The molecule has 0 saturated carbocycles. The number of carbonyl (C=O) groups is 7. The third-order valence-electron chi connectivity index (χ3n) is 9.95. The Morgan fingerprint density at radius 2 is 1.48 bits per heavy atom. The number of primary amides is 1. The summed E-state index contributed by atoms with van der Waals surface area (Å²) in [6, 6.07) is 8.48. The minimum absolute atomic E-state index is 0.0446. The van der Waals surface area contributed by atoms with Crippen LogP contribution in [0.3, 0.4) is 0 Å². The van der Waals surface area contributed by atoms with Gasteiger partial charge in [-0.15, -0.1) is 0 Å². The monoisotopic (exact) mass is 940 g/mol. The number of ether oxygens (including phenoxy) is 2. The smallest absolute Gasteiger partial charge is 0.329 e. The van der Waals surface area contributed by atoms with Gasteiger partial charge in [0.1, 0.15) is 41.5 Å². The number of nitrogens with zero attached hydrogens (tertiary/aromatic N) is 2. The number of amides is 5. The van der Waals surface area contributed by atoms with Crippen LogP contribution >= 0.6 is 0 Å². The molecule has 0 fully saturated rings. The van der Waals surface area contributed by atoms with E-state index in [4.69, 9.17) is 22.4 Å². The summed E-state index contributed by atoms with van der Waals surface area (Å²) in [6.45, 7) is 13.6. The van der Waals surface area contributed by atoms with Gasteiger partial charge in [0.25, 0.3) is 0 Å². The van der Waals surface area contributed by atoms with Crippen LogP contribution in [0.15, 0.2) is 60.8 Å². The molecule has 8 N–H and O–H groups in total. The van der Waals surface area contributed by atoms with Gasteiger partial charge in [-0.3, -0.25) is 28.8 Å². The van der Waals surface area contributed by atoms with Gasteiger partial charge in [0.15, 0.2) is 1.41 Å². The lowest BCUT2D eigenvalue weighted by Gasteiger charge is -2.41. The molecule has 1 aromatic heterocycles. The van der Waals surface area contributed by atoms with Crippen molar-refractivity contribution in [3.8, 4) is 11.1 Å². The van der Waals surface area contributed by atoms with Crippen molar-refractivity contribution in [3.05, 3.63) is 83.7 Å². The molecule has 368 valence electrons. The predicted octanol–water partition coefficient (Wildman–Crippen LogP) is 3.92. The molecule has 0 radical (unpaired) electrons. The number of rotatable bonds is 22. The summed E-state index contributed by atoms with van der Waals surface area (Å²) in [5.74, 6) is -7.39. The van der Waals surface area contributed by atoms with Gasteiger partial charge in [-0.25, -0.2) is 13.6 Å². The van der Waals surface area contributed by atoms with E-state index in [0.717, 1.165) is 23.8 Å². The van der Waals surface area contributed by atoms with Crippen molar-refractivity contribution in [1.29, 1.82) is 0 Å². The number of halogens is 2. The van der Waals surface area contributed by atoms with Crippen molar-refractivity contribution >= 4 is 41.5 Å². The molecule has 19 heteroatoms. The van der Waals surface area contributed by atoms with Crippen molar-refractivity contribution in [3.63, 3.8) is 0 Å². The van der Waals surface area contributed by atoms with Gasteiger partial charge in [-0.1, -0.05) is 51.1 Å². The number of hydrogen-bond acceptors (Lipinski definition) is 11. The number of aliphatic hydroxyl groups is 1. The standard InChI is InChI=1S/C48H67F2N7O10/c1-46(2,3)42(37-23-30(32-24-31(49)15-16-33(32)50)27-56(37)26-29-13-11-10-12-14-29)57(40(61)28-58)22-20-35(55-43(63)34(51)25-38(52)59)44(64)53-21-19-39(60)54-36(45(65)67-48(7,8)9)17-18-41(62)66-47(4,5)6/h10-16,23-24,27,34-36,42,58H,17-22,25-26,28,51H2,1-9H3,(H2,52,59)(H,53,64)(H,54,60)(H,55,63)/t34-,35-,36-,42-/m0/s1/i/hD. The number of benzene rings is 2. The topological polar surface area (TPSA) is 254 Å². The summed E-state index contributed by atoms with van der Waals surface area (Å²) < 4.78 is 51.0. The lowest BCUT2D eigenvalue weighted by Crippen LogP contribution is -2.54. The van der Waals surface area contributed by atoms with Gasteiger partial charge in [0.05, 0.1) is 18.5 Å². The second-order valence-electron chi connectivity index (χ2n) is 19.3. The molecular formula is C48H67F2N7O10. The summed E-state index contributed by atoms with van der Waals surface area (Å²) in [5.41, 5.74) is 10.1. The molecule has 1 heterocycles. The Morgan fingerprint density at radius 1 is 0.836 bits per heavy atom. The predicted molar refractivity (Wildman–Crippen MR) is 245 cm³/mol. The van der Waals surface area contributed by atoms with E-state index in [-0.39, 0.29) is 37.1 Å². The molecule has 0 saturated heterocycles. The van der Waals surface area contributed by atoms with E-state index in [1.165, 1.54) is 4.90 Å². The van der Waals surface area contributed by atoms with E-state index < -0.39 is 126 Å². The molecule has 0 bridgehead atoms. The van der Waals surface area contributed by atoms with Gasteiger partial charge in [0.2, 0.25) is 29.5 Å². The van der Waals surface area contributed by atoms with Crippen LogP contribution in [0.2, 0.25) is 1.41 Å². The molecule has 0 aliphatic heterocycles. The van der Waals surface area contributed by atoms with Crippen LogP contribution in [0.4, 0.5) is 8.78 Å². The van der Waals surface area contributed by atoms with Crippen LogP contribution < -0.4 is 27.4 Å². The highest BCUT2D eigenvalue weighted by atomic mass is 19.1. The Balaban J connectivity index is 1.99. The summed E-state index contributed by atoms with van der Waals surface area (Å²) in [7, 11) is 0. The highest BCUT2D eigenvalue weighted by Crippen LogP contribution is 2.41. The fraction of sp³-hybridized carbons (Fsp3) is 0.521. The normalized spacial score (nSPS) is 13.8. The van der Waals surface area contributed by atoms with Gasteiger partial charge >= 0.3 is 11.9 Å². The van der Waals surface area contributed by atoms with Crippen LogP contribution in [0.1, 0.15) is 112 Å². The highest BCUT2D eigenvalue weighted by Gasteiger charge is 2.38. The Labute approximate surface area is 392 Å². The maximum absolute atomic E-state index is 15.3. The number of nitrogens with one attached hydrogen (secondary N) is 3. The fourth-order valence-corrected chi connectivity index (χ4v) is 7.14. The number of carbonyl (C=O) groups excluding carboxylic acids is 7. The van der Waals surface area contributed by atoms with E-state index in [9.17, 15) is 43.1 Å². The molecule has 3 rings (SSSR count). The molecule has 67 heavy (non-hydrogen) atoms. The molecule has 0 unspecified atom stereocenters. The molecule has 0 spiro atoms. The first-order valence-electron chi connectivity index (χ1n) is 22.4. The maximum Gasteiger partial charge on any atom is 0.329 e. The van der Waals surface area contributed by atoms with Crippen molar-refractivity contribution in [2.45, 2.75) is 136 Å². The lowest BCUT2D eigenvalue weighted by molar-refractivity contribution is -0.160. The van der Waals surface area contributed by atoms with Crippen molar-refractivity contribution in [2.75, 3.05) is 19.7 Å². The second kappa shape index (κ2) is 24.0. The fourth-order valence-electron chi connectivity index (χ4n) is 7.14. The summed E-state index contributed by atoms with van der Waals surface area (Å²) >= 11 is 0. The molecule has 0 aliphatic rings. The zero-order valence-corrected chi connectivity index (χ0v) is 39.8. The van der Waals surface area contributed by atoms with Crippen LogP contribution in [0, 0.1) is 17.0 Å². The minimum atomic E-state index is -1.62. The van der Waals surface area contributed by atoms with E-state index in [1.807, 2.05) is 51.1 Å². The summed E-state index contributed by atoms with van der Waals surface area (Å²) in [5, 5.41) is 15.7. The van der Waals surface area contributed by atoms with E-state index in [1.54, 1.807) is 58.4 Å². The van der Waals surface area contributed by atoms with Crippen molar-refractivity contribution in [2.24, 2.45) is 16.9 Å². The number of hydrogen-bond donors (Lipinski definition) is 6. The van der Waals surface area contributed by atoms with E-state index in [0.29, 0.717) is 11.0 Å². The Morgan fingerprint density at radius 3 is 2.06 bits per heavy atom. The number of aliphatic hydroxyl groups excluding tert-OH is 1. The second-order valence-corrected chi connectivity index (χ2v) is 19.3. The summed E-state index contributed by atoms with van der Waals surface area (Å²) in [4.78, 5) is 93.1. The van der Waals surface area contributed by atoms with Gasteiger partial charge < -0.3 is 51.5 Å². The van der Waals surface area contributed by atoms with Crippen LogP contribution in [-0.4, -0.2) is 105 Å². The Kier molecular flexibility index (Phi) is 19.1. The molecule has 17 nitrogen and oxygen atoms in total. The number of aromatic nitrogens is 1. The number of esters is 2. The molecule has 2 aromatic carbocycles. The average molecular weight is 941 g/mol. The van der Waals surface area contributed by atoms with Crippen LogP contribution in [-0.2, 0) is 49.6 Å². The first kappa shape index (κ1) is 53.4. The molecule has 5 amide bonds. The molecule has 0 aliphatic carbocycles. The largest absolute Gasteiger partial charge is 0.460 e. The Bertz CT molecular complexity index is 2260. The number of nitrogens with two attached hydrogens (primary N) is 2. The minimum Gasteiger partial charge on any atom is -0.460 e. The van der Waals surface area contributed by atoms with Crippen molar-refractivity contribution < 1.29 is 58.3 Å². The van der Waals surface area contributed by atoms with E-state index in [2.05, 4.69) is 10.6 Å². The third-order valence-corrected chi connectivity index (χ3v) is 9.95. The zero-order valence-electron chi connectivity index (χ0n) is 40.8. The van der Waals surface area contributed by atoms with Gasteiger partial charge in [0, 0.05) is 55.5 Å². The summed E-state index contributed by atoms with van der Waals surface area (Å²) in [6.07, 6.45) is -0.338. The maximum atomic E-state index is 15.3. The van der Waals surface area contributed by atoms with Crippen molar-refractivity contribution in [1.82, 2.24) is 25.4 Å². The molecular weight excluding hydrogens is 873 g/mol. The van der Waals surface area contributed by atoms with Crippen LogP contribution in [0.25, 0.3) is 11.1 Å². The highest BCUT2D eigenvalue weighted by molar-refractivity contribution is 5.92. The Hall–Kier alpha value is -6.21. The SMILES string of the molecule is [2H]N(CCC(=O)N[C@@H](CCC(=O)OC(C)(C)C)C(=O)OC(C)(C)C)C(=O)[C@H](CCN(C(=O)CO)[C@@H](c1cc(-c2cc(F)ccc2F)cn1Cc1ccccc1)C(C)(C)C)NC(=O)[C@@H](N)CC(N)=O. The van der Waals surface area contributed by atoms with Gasteiger partial charge in [-0.05, 0) is 89.6 Å². The molecule has 3 aromatic rings. The first-order chi connectivity index (χ1) is 31.5. The third kappa shape index (κ3) is 18.2. The van der Waals surface area contributed by atoms with Gasteiger partial charge in [-0.2, -0.15) is 0 Å². The molecule has 4 atom stereocenters. The quantitative estimate of drug-likeness (QED) is 0.0788. The lowest BCUT2D eigenvalue weighted by atomic mass is 9.82. The van der Waals surface area contributed by atoms with Crippen LogP contribution in [0.5, 0.6) is 0 Å².